The number of rotatable bonds is 11. The standard InChI is InChI=1S/C26H47N3O4/c1-10-33-26(32)19(8)15-21(17(4)5)27-25(31)23(18(6)7)28-24(30)22-13-11-12-14-29(22)20(9)16(2)3/h15-18,20-23H,10-14H2,1-9H3,(H,27,31)(H,28,30)/t20?,21-,22?,23+/m1/s1. The molecule has 1 aliphatic heterocycles. The number of carbonyl (C=O) groups excluding carboxylic acids is 3. The number of carbonyl (C=O) groups is 3. The first kappa shape index (κ1) is 29.1. The van der Waals surface area contributed by atoms with Crippen LogP contribution in [0.25, 0.3) is 0 Å². The van der Waals surface area contributed by atoms with Crippen LogP contribution in [-0.2, 0) is 19.1 Å². The molecular weight excluding hydrogens is 418 g/mol. The Balaban J connectivity index is 2.97. The second kappa shape index (κ2) is 13.7. The van der Waals surface area contributed by atoms with Crippen molar-refractivity contribution in [3.05, 3.63) is 11.6 Å². The maximum Gasteiger partial charge on any atom is 0.333 e. The molecule has 1 heterocycles. The van der Waals surface area contributed by atoms with Crippen molar-refractivity contribution in [2.75, 3.05) is 13.2 Å². The van der Waals surface area contributed by atoms with E-state index in [9.17, 15) is 14.4 Å². The molecule has 1 saturated heterocycles. The van der Waals surface area contributed by atoms with Gasteiger partial charge in [0.25, 0.3) is 0 Å². The Morgan fingerprint density at radius 1 is 0.970 bits per heavy atom. The molecule has 33 heavy (non-hydrogen) atoms. The van der Waals surface area contributed by atoms with Gasteiger partial charge in [-0.05, 0) is 57.9 Å². The van der Waals surface area contributed by atoms with Crippen LogP contribution in [0, 0.1) is 17.8 Å². The molecule has 0 aromatic carbocycles. The highest BCUT2D eigenvalue weighted by Gasteiger charge is 2.35. The molecule has 2 N–H and O–H groups in total. The highest BCUT2D eigenvalue weighted by molar-refractivity contribution is 5.91. The number of hydrogen-bond acceptors (Lipinski definition) is 5. The molecule has 0 aliphatic carbocycles. The molecule has 7 nitrogen and oxygen atoms in total. The number of amides is 2. The zero-order valence-corrected chi connectivity index (χ0v) is 22.2. The topological polar surface area (TPSA) is 87.7 Å². The van der Waals surface area contributed by atoms with E-state index < -0.39 is 6.04 Å². The molecule has 7 heteroatoms. The zero-order valence-electron chi connectivity index (χ0n) is 22.2. The Hall–Kier alpha value is -1.89. The summed E-state index contributed by atoms with van der Waals surface area (Å²) in [6.07, 6.45) is 4.67. The molecule has 1 aliphatic rings. The molecule has 2 unspecified atom stereocenters. The lowest BCUT2D eigenvalue weighted by atomic mass is 9.94. The van der Waals surface area contributed by atoms with Crippen molar-refractivity contribution in [2.24, 2.45) is 17.8 Å². The minimum absolute atomic E-state index is 0.0718. The summed E-state index contributed by atoms with van der Waals surface area (Å²) in [6, 6.07) is -0.897. The van der Waals surface area contributed by atoms with Gasteiger partial charge in [-0.1, -0.05) is 54.0 Å². The monoisotopic (exact) mass is 465 g/mol. The molecule has 0 saturated carbocycles. The molecule has 0 radical (unpaired) electrons. The van der Waals surface area contributed by atoms with Crippen molar-refractivity contribution < 1.29 is 19.1 Å². The molecule has 1 rings (SSSR count). The average Bonchev–Trinajstić information content (AvgIpc) is 2.75. The van der Waals surface area contributed by atoms with Gasteiger partial charge in [0.15, 0.2) is 0 Å². The summed E-state index contributed by atoms with van der Waals surface area (Å²) in [5.41, 5.74) is 0.460. The minimum Gasteiger partial charge on any atom is -0.463 e. The quantitative estimate of drug-likeness (QED) is 0.359. The maximum absolute atomic E-state index is 13.3. The Labute approximate surface area is 201 Å². The van der Waals surface area contributed by atoms with Gasteiger partial charge in [0, 0.05) is 11.6 Å². The van der Waals surface area contributed by atoms with E-state index in [0.29, 0.717) is 24.1 Å². The summed E-state index contributed by atoms with van der Waals surface area (Å²) in [5.74, 6) is -0.245. The van der Waals surface area contributed by atoms with Gasteiger partial charge in [-0.3, -0.25) is 14.5 Å². The smallest absolute Gasteiger partial charge is 0.333 e. The lowest BCUT2D eigenvalue weighted by molar-refractivity contribution is -0.138. The van der Waals surface area contributed by atoms with Crippen molar-refractivity contribution >= 4 is 17.8 Å². The first-order chi connectivity index (χ1) is 15.4. The van der Waals surface area contributed by atoms with Crippen molar-refractivity contribution in [1.82, 2.24) is 15.5 Å². The van der Waals surface area contributed by atoms with Crippen molar-refractivity contribution in [3.63, 3.8) is 0 Å². The Kier molecular flexibility index (Phi) is 12.1. The van der Waals surface area contributed by atoms with Gasteiger partial charge in [0.2, 0.25) is 11.8 Å². The molecular formula is C26H47N3O4. The predicted octanol–water partition coefficient (Wildman–Crippen LogP) is 3.68. The van der Waals surface area contributed by atoms with Gasteiger partial charge in [0.05, 0.1) is 18.7 Å². The molecule has 0 aromatic rings. The summed E-state index contributed by atoms with van der Waals surface area (Å²) in [4.78, 5) is 40.9. The van der Waals surface area contributed by atoms with Gasteiger partial charge in [-0.2, -0.15) is 0 Å². The van der Waals surface area contributed by atoms with Crippen LogP contribution in [0.2, 0.25) is 0 Å². The van der Waals surface area contributed by atoms with Crippen LogP contribution in [0.5, 0.6) is 0 Å². The van der Waals surface area contributed by atoms with Gasteiger partial charge < -0.3 is 15.4 Å². The van der Waals surface area contributed by atoms with E-state index in [-0.39, 0.29) is 41.7 Å². The van der Waals surface area contributed by atoms with Crippen LogP contribution in [0.1, 0.15) is 81.6 Å². The van der Waals surface area contributed by atoms with Crippen LogP contribution >= 0.6 is 0 Å². The number of nitrogens with zero attached hydrogens (tertiary/aromatic N) is 1. The summed E-state index contributed by atoms with van der Waals surface area (Å²) < 4.78 is 5.06. The summed E-state index contributed by atoms with van der Waals surface area (Å²) in [5, 5.41) is 6.08. The van der Waals surface area contributed by atoms with E-state index in [0.717, 1.165) is 25.8 Å². The normalized spacial score (nSPS) is 20.5. The summed E-state index contributed by atoms with van der Waals surface area (Å²) in [6.45, 7) is 19.0. The first-order valence-electron chi connectivity index (χ1n) is 12.6. The van der Waals surface area contributed by atoms with Gasteiger partial charge in [-0.15, -0.1) is 0 Å². The number of likely N-dealkylation sites (tertiary alicyclic amines) is 1. The van der Waals surface area contributed by atoms with E-state index in [2.05, 4.69) is 36.3 Å². The van der Waals surface area contributed by atoms with Crippen LogP contribution in [-0.4, -0.2) is 60.0 Å². The first-order valence-corrected chi connectivity index (χ1v) is 12.6. The second-order valence-corrected chi connectivity index (χ2v) is 10.3. The molecule has 190 valence electrons. The van der Waals surface area contributed by atoms with Crippen molar-refractivity contribution in [1.29, 1.82) is 0 Å². The molecule has 2 amide bonds. The summed E-state index contributed by atoms with van der Waals surface area (Å²) in [7, 11) is 0. The zero-order chi connectivity index (χ0) is 25.3. The highest BCUT2D eigenvalue weighted by atomic mass is 16.5. The van der Waals surface area contributed by atoms with Crippen LogP contribution in [0.4, 0.5) is 0 Å². The minimum atomic E-state index is -0.645. The molecule has 0 bridgehead atoms. The lowest BCUT2D eigenvalue weighted by Crippen LogP contribution is -2.59. The van der Waals surface area contributed by atoms with Crippen molar-refractivity contribution in [2.45, 2.75) is 106 Å². The third-order valence-electron chi connectivity index (χ3n) is 6.64. The fourth-order valence-corrected chi connectivity index (χ4v) is 4.13. The number of ether oxygens (including phenoxy) is 1. The molecule has 0 aromatic heterocycles. The highest BCUT2D eigenvalue weighted by Crippen LogP contribution is 2.23. The Bertz CT molecular complexity index is 687. The van der Waals surface area contributed by atoms with Gasteiger partial charge >= 0.3 is 5.97 Å². The Morgan fingerprint density at radius 2 is 1.61 bits per heavy atom. The van der Waals surface area contributed by atoms with E-state index in [1.54, 1.807) is 19.9 Å². The Morgan fingerprint density at radius 3 is 2.12 bits per heavy atom. The molecule has 1 fully saturated rings. The SMILES string of the molecule is CCOC(=O)C(C)=C[C@@H](NC(=O)[C@@H](NC(=O)C1CCCCN1C(C)C(C)C)C(C)C)C(C)C. The lowest BCUT2D eigenvalue weighted by Gasteiger charge is -2.41. The molecule has 0 spiro atoms. The van der Waals surface area contributed by atoms with E-state index >= 15 is 0 Å². The van der Waals surface area contributed by atoms with E-state index in [4.69, 9.17) is 4.74 Å². The number of piperidine rings is 1. The van der Waals surface area contributed by atoms with Crippen LogP contribution in [0.15, 0.2) is 11.6 Å². The van der Waals surface area contributed by atoms with E-state index in [1.807, 2.05) is 27.7 Å². The molecule has 4 atom stereocenters. The average molecular weight is 466 g/mol. The second-order valence-electron chi connectivity index (χ2n) is 10.3. The van der Waals surface area contributed by atoms with Crippen molar-refractivity contribution in [3.8, 4) is 0 Å². The van der Waals surface area contributed by atoms with Gasteiger partial charge in [0.1, 0.15) is 6.04 Å². The van der Waals surface area contributed by atoms with E-state index in [1.165, 1.54) is 0 Å². The third-order valence-corrected chi connectivity index (χ3v) is 6.64. The predicted molar refractivity (Wildman–Crippen MR) is 133 cm³/mol. The number of esters is 1. The fourth-order valence-electron chi connectivity index (χ4n) is 4.13. The number of nitrogens with one attached hydrogen (secondary N) is 2. The fraction of sp³-hybridized carbons (Fsp3) is 0.808. The maximum atomic E-state index is 13.3. The number of hydrogen-bond donors (Lipinski definition) is 2. The van der Waals surface area contributed by atoms with Gasteiger partial charge in [-0.25, -0.2) is 4.79 Å². The summed E-state index contributed by atoms with van der Waals surface area (Å²) >= 11 is 0. The van der Waals surface area contributed by atoms with Crippen LogP contribution < -0.4 is 10.6 Å². The third kappa shape index (κ3) is 8.76. The largest absolute Gasteiger partial charge is 0.463 e. The van der Waals surface area contributed by atoms with Crippen LogP contribution in [0.3, 0.4) is 0 Å².